The first-order chi connectivity index (χ1) is 8.33. The number of aromatic nitrogens is 1. The van der Waals surface area contributed by atoms with Crippen LogP contribution in [0.3, 0.4) is 0 Å². The van der Waals surface area contributed by atoms with Gasteiger partial charge in [0.1, 0.15) is 0 Å². The van der Waals surface area contributed by atoms with Gasteiger partial charge in [0.05, 0.1) is 24.3 Å². The molecule has 1 saturated heterocycles. The molecule has 0 bridgehead atoms. The first kappa shape index (κ1) is 13.0. The van der Waals surface area contributed by atoms with Gasteiger partial charge >= 0.3 is 0 Å². The Hall–Kier alpha value is -0.490. The van der Waals surface area contributed by atoms with E-state index in [1.165, 1.54) is 4.88 Å². The highest BCUT2D eigenvalue weighted by molar-refractivity contribution is 7.09. The summed E-state index contributed by atoms with van der Waals surface area (Å²) < 4.78 is 5.91. The molecule has 2 atom stereocenters. The molecule has 0 aromatic carbocycles. The van der Waals surface area contributed by atoms with Crippen molar-refractivity contribution in [1.82, 2.24) is 15.2 Å². The quantitative estimate of drug-likeness (QED) is 0.809. The van der Waals surface area contributed by atoms with Crippen molar-refractivity contribution in [3.8, 4) is 0 Å². The topological polar surface area (TPSA) is 37.4 Å². The minimum atomic E-state index is 0.237. The fourth-order valence-corrected chi connectivity index (χ4v) is 3.06. The van der Waals surface area contributed by atoms with Gasteiger partial charge in [-0.25, -0.2) is 0 Å². The van der Waals surface area contributed by atoms with Crippen LogP contribution in [0.25, 0.3) is 0 Å². The summed E-state index contributed by atoms with van der Waals surface area (Å²) in [5.41, 5.74) is 1.90. The van der Waals surface area contributed by atoms with Gasteiger partial charge in [0.25, 0.3) is 0 Å². The van der Waals surface area contributed by atoms with Crippen molar-refractivity contribution in [3.63, 3.8) is 0 Å². The predicted molar refractivity (Wildman–Crippen MR) is 70.4 cm³/mol. The SMILES string of the molecule is CCCNCC1OCCN(C)C1c1cncs1. The van der Waals surface area contributed by atoms with E-state index in [0.29, 0.717) is 6.04 Å². The monoisotopic (exact) mass is 255 g/mol. The molecule has 4 nitrogen and oxygen atoms in total. The van der Waals surface area contributed by atoms with Crippen LogP contribution < -0.4 is 5.32 Å². The molecule has 2 rings (SSSR count). The Balaban J connectivity index is 2.01. The molecular weight excluding hydrogens is 234 g/mol. The molecule has 1 aromatic rings. The van der Waals surface area contributed by atoms with E-state index in [2.05, 4.69) is 29.2 Å². The molecule has 1 fully saturated rings. The van der Waals surface area contributed by atoms with Crippen molar-refractivity contribution in [1.29, 1.82) is 0 Å². The summed E-state index contributed by atoms with van der Waals surface area (Å²) in [6.07, 6.45) is 3.36. The van der Waals surface area contributed by atoms with E-state index in [-0.39, 0.29) is 6.10 Å². The van der Waals surface area contributed by atoms with Crippen LogP contribution in [0.5, 0.6) is 0 Å². The number of hydrogen-bond acceptors (Lipinski definition) is 5. The average Bonchev–Trinajstić information content (AvgIpc) is 2.83. The zero-order valence-corrected chi connectivity index (χ0v) is 11.4. The number of ether oxygens (including phenoxy) is 1. The summed E-state index contributed by atoms with van der Waals surface area (Å²) in [5.74, 6) is 0. The molecule has 5 heteroatoms. The predicted octanol–water partition coefficient (Wildman–Crippen LogP) is 1.51. The average molecular weight is 255 g/mol. The normalized spacial score (nSPS) is 26.2. The molecule has 2 unspecified atom stereocenters. The summed E-state index contributed by atoms with van der Waals surface area (Å²) in [4.78, 5) is 7.85. The number of nitrogens with one attached hydrogen (secondary N) is 1. The van der Waals surface area contributed by atoms with Crippen LogP contribution in [-0.4, -0.2) is 49.3 Å². The molecule has 1 N–H and O–H groups in total. The lowest BCUT2D eigenvalue weighted by molar-refractivity contribution is -0.0601. The Morgan fingerprint density at radius 1 is 1.65 bits per heavy atom. The van der Waals surface area contributed by atoms with Crippen molar-refractivity contribution in [2.45, 2.75) is 25.5 Å². The molecule has 1 aliphatic heterocycles. The third-order valence-corrected chi connectivity index (χ3v) is 3.96. The molecule has 96 valence electrons. The fraction of sp³-hybridized carbons (Fsp3) is 0.750. The van der Waals surface area contributed by atoms with E-state index in [1.54, 1.807) is 11.3 Å². The Morgan fingerprint density at radius 3 is 3.24 bits per heavy atom. The number of nitrogens with zero attached hydrogens (tertiary/aromatic N) is 2. The van der Waals surface area contributed by atoms with E-state index in [0.717, 1.165) is 32.7 Å². The van der Waals surface area contributed by atoms with Gasteiger partial charge in [0.15, 0.2) is 0 Å². The van der Waals surface area contributed by atoms with Crippen LogP contribution in [0.15, 0.2) is 11.7 Å². The zero-order chi connectivity index (χ0) is 12.1. The van der Waals surface area contributed by atoms with E-state index in [1.807, 2.05) is 11.7 Å². The van der Waals surface area contributed by atoms with Crippen molar-refractivity contribution in [3.05, 3.63) is 16.6 Å². The summed E-state index contributed by atoms with van der Waals surface area (Å²) in [7, 11) is 2.17. The van der Waals surface area contributed by atoms with Crippen LogP contribution in [0, 0.1) is 0 Å². The first-order valence-electron chi connectivity index (χ1n) is 6.24. The third-order valence-electron chi connectivity index (χ3n) is 3.12. The summed E-state index contributed by atoms with van der Waals surface area (Å²) in [5, 5.41) is 3.45. The Kier molecular flexibility index (Phi) is 4.91. The first-order valence-corrected chi connectivity index (χ1v) is 7.12. The lowest BCUT2D eigenvalue weighted by Crippen LogP contribution is -2.47. The standard InChI is InChI=1S/C12H21N3OS/c1-3-4-13-7-10-12(11-8-14-9-17-11)15(2)5-6-16-10/h8-10,12-13H,3-7H2,1-2H3. The van der Waals surface area contributed by atoms with E-state index in [4.69, 9.17) is 4.74 Å². The maximum absolute atomic E-state index is 5.91. The molecular formula is C12H21N3OS. The minimum absolute atomic E-state index is 0.237. The summed E-state index contributed by atoms with van der Waals surface area (Å²) >= 11 is 1.72. The van der Waals surface area contributed by atoms with Crippen molar-refractivity contribution in [2.75, 3.05) is 33.3 Å². The zero-order valence-electron chi connectivity index (χ0n) is 10.6. The number of rotatable bonds is 5. The van der Waals surface area contributed by atoms with Gasteiger partial charge in [-0.2, -0.15) is 0 Å². The second-order valence-electron chi connectivity index (χ2n) is 4.44. The van der Waals surface area contributed by atoms with Gasteiger partial charge in [-0.15, -0.1) is 11.3 Å². The van der Waals surface area contributed by atoms with Crippen LogP contribution in [0.2, 0.25) is 0 Å². The molecule has 0 amide bonds. The Labute approximate surface area is 107 Å². The summed E-state index contributed by atoms with van der Waals surface area (Å²) in [6, 6.07) is 0.348. The number of thiazole rings is 1. The van der Waals surface area contributed by atoms with E-state index < -0.39 is 0 Å². The number of likely N-dealkylation sites (N-methyl/N-ethyl adjacent to an activating group) is 1. The van der Waals surface area contributed by atoms with Crippen molar-refractivity contribution < 1.29 is 4.74 Å². The van der Waals surface area contributed by atoms with Crippen LogP contribution >= 0.6 is 11.3 Å². The highest BCUT2D eigenvalue weighted by Crippen LogP contribution is 2.30. The van der Waals surface area contributed by atoms with E-state index >= 15 is 0 Å². The molecule has 0 aliphatic carbocycles. The summed E-state index contributed by atoms with van der Waals surface area (Å²) in [6.45, 7) is 5.97. The van der Waals surface area contributed by atoms with Gasteiger partial charge in [-0.3, -0.25) is 9.88 Å². The third kappa shape index (κ3) is 3.25. The van der Waals surface area contributed by atoms with Gasteiger partial charge in [-0.1, -0.05) is 6.92 Å². The Bertz CT molecular complexity index is 318. The maximum atomic E-state index is 5.91. The number of morpholine rings is 1. The maximum Gasteiger partial charge on any atom is 0.0905 e. The molecule has 2 heterocycles. The van der Waals surface area contributed by atoms with Crippen LogP contribution in [-0.2, 0) is 4.74 Å². The molecule has 0 spiro atoms. The highest BCUT2D eigenvalue weighted by atomic mass is 32.1. The fourth-order valence-electron chi connectivity index (χ4n) is 2.23. The molecule has 1 aliphatic rings. The highest BCUT2D eigenvalue weighted by Gasteiger charge is 2.31. The van der Waals surface area contributed by atoms with E-state index in [9.17, 15) is 0 Å². The second kappa shape index (κ2) is 6.44. The number of hydrogen-bond donors (Lipinski definition) is 1. The van der Waals surface area contributed by atoms with Gasteiger partial charge in [0, 0.05) is 24.2 Å². The van der Waals surface area contributed by atoms with Gasteiger partial charge < -0.3 is 10.1 Å². The Morgan fingerprint density at radius 2 is 2.53 bits per heavy atom. The lowest BCUT2D eigenvalue weighted by atomic mass is 10.1. The van der Waals surface area contributed by atoms with Crippen LogP contribution in [0.1, 0.15) is 24.3 Å². The van der Waals surface area contributed by atoms with Crippen LogP contribution in [0.4, 0.5) is 0 Å². The minimum Gasteiger partial charge on any atom is -0.374 e. The van der Waals surface area contributed by atoms with Crippen molar-refractivity contribution >= 4 is 11.3 Å². The van der Waals surface area contributed by atoms with Gasteiger partial charge in [0.2, 0.25) is 0 Å². The molecule has 1 aromatic heterocycles. The second-order valence-corrected chi connectivity index (χ2v) is 5.36. The molecule has 0 radical (unpaired) electrons. The largest absolute Gasteiger partial charge is 0.374 e. The smallest absolute Gasteiger partial charge is 0.0905 e. The van der Waals surface area contributed by atoms with Gasteiger partial charge in [-0.05, 0) is 20.0 Å². The molecule has 0 saturated carbocycles. The molecule has 17 heavy (non-hydrogen) atoms. The lowest BCUT2D eigenvalue weighted by Gasteiger charge is -2.38. The van der Waals surface area contributed by atoms with Crippen molar-refractivity contribution in [2.24, 2.45) is 0 Å².